The van der Waals surface area contributed by atoms with E-state index < -0.39 is 5.60 Å². The van der Waals surface area contributed by atoms with Gasteiger partial charge in [0, 0.05) is 34.2 Å². The van der Waals surface area contributed by atoms with Gasteiger partial charge in [-0.05, 0) is 28.9 Å². The van der Waals surface area contributed by atoms with E-state index in [-0.39, 0.29) is 6.10 Å². The standard InChI is InChI=1S/C10H13BrO2S/c1-7-10(12,2-3-13-7)5-9-4-8(11)6-14-9/h4,6-7,12H,2-3,5H2,1H3. The Morgan fingerprint density at radius 3 is 3.07 bits per heavy atom. The van der Waals surface area contributed by atoms with E-state index in [1.54, 1.807) is 11.3 Å². The summed E-state index contributed by atoms with van der Waals surface area (Å²) >= 11 is 5.09. The third kappa shape index (κ3) is 2.03. The zero-order chi connectivity index (χ0) is 10.2. The van der Waals surface area contributed by atoms with Crippen LogP contribution < -0.4 is 0 Å². The molecule has 1 fully saturated rings. The second-order valence-electron chi connectivity index (χ2n) is 3.77. The van der Waals surface area contributed by atoms with Crippen LogP contribution in [0.3, 0.4) is 0 Å². The molecule has 4 heteroatoms. The minimum atomic E-state index is -0.662. The summed E-state index contributed by atoms with van der Waals surface area (Å²) in [6, 6.07) is 2.06. The fourth-order valence-electron chi connectivity index (χ4n) is 1.75. The van der Waals surface area contributed by atoms with Crippen LogP contribution in [0.15, 0.2) is 15.9 Å². The number of halogens is 1. The molecular formula is C10H13BrO2S. The molecule has 78 valence electrons. The number of ether oxygens (including phenoxy) is 1. The lowest BCUT2D eigenvalue weighted by atomic mass is 9.92. The van der Waals surface area contributed by atoms with E-state index in [9.17, 15) is 5.11 Å². The molecule has 0 spiro atoms. The van der Waals surface area contributed by atoms with Gasteiger partial charge in [0.05, 0.1) is 11.7 Å². The molecule has 1 N–H and O–H groups in total. The Morgan fingerprint density at radius 1 is 1.79 bits per heavy atom. The van der Waals surface area contributed by atoms with Gasteiger partial charge in [-0.2, -0.15) is 0 Å². The molecule has 0 saturated carbocycles. The van der Waals surface area contributed by atoms with Crippen molar-refractivity contribution in [1.29, 1.82) is 0 Å². The summed E-state index contributed by atoms with van der Waals surface area (Å²) in [5.41, 5.74) is -0.662. The van der Waals surface area contributed by atoms with Crippen LogP contribution in [0.5, 0.6) is 0 Å². The van der Waals surface area contributed by atoms with Crippen LogP contribution >= 0.6 is 27.3 Å². The molecule has 2 heterocycles. The Hall–Kier alpha value is 0.1000. The first-order chi connectivity index (χ1) is 6.60. The molecule has 0 aliphatic carbocycles. The number of rotatable bonds is 2. The van der Waals surface area contributed by atoms with Gasteiger partial charge >= 0.3 is 0 Å². The molecule has 14 heavy (non-hydrogen) atoms. The highest BCUT2D eigenvalue weighted by molar-refractivity contribution is 9.10. The number of aliphatic hydroxyl groups is 1. The minimum Gasteiger partial charge on any atom is -0.387 e. The van der Waals surface area contributed by atoms with Crippen molar-refractivity contribution >= 4 is 27.3 Å². The maximum atomic E-state index is 10.3. The summed E-state index contributed by atoms with van der Waals surface area (Å²) in [7, 11) is 0. The van der Waals surface area contributed by atoms with Gasteiger partial charge in [-0.15, -0.1) is 11.3 Å². The van der Waals surface area contributed by atoms with E-state index in [4.69, 9.17) is 4.74 Å². The van der Waals surface area contributed by atoms with Gasteiger partial charge in [0.25, 0.3) is 0 Å². The smallest absolute Gasteiger partial charge is 0.0975 e. The fourth-order valence-corrected chi connectivity index (χ4v) is 3.32. The van der Waals surface area contributed by atoms with E-state index >= 15 is 0 Å². The SMILES string of the molecule is CC1OCCC1(O)Cc1cc(Br)cs1. The third-order valence-corrected chi connectivity index (χ3v) is 4.46. The second kappa shape index (κ2) is 3.93. The van der Waals surface area contributed by atoms with Crippen molar-refractivity contribution in [1.82, 2.24) is 0 Å². The van der Waals surface area contributed by atoms with Gasteiger partial charge in [0.15, 0.2) is 0 Å². The van der Waals surface area contributed by atoms with Crippen molar-refractivity contribution in [3.63, 3.8) is 0 Å². The predicted molar refractivity (Wildman–Crippen MR) is 60.7 cm³/mol. The average molecular weight is 277 g/mol. The van der Waals surface area contributed by atoms with Gasteiger partial charge in [-0.3, -0.25) is 0 Å². The summed E-state index contributed by atoms with van der Waals surface area (Å²) in [4.78, 5) is 1.21. The molecule has 1 saturated heterocycles. The maximum Gasteiger partial charge on any atom is 0.0975 e. The second-order valence-corrected chi connectivity index (χ2v) is 5.69. The first kappa shape index (κ1) is 10.6. The van der Waals surface area contributed by atoms with Crippen molar-refractivity contribution in [2.45, 2.75) is 31.5 Å². The van der Waals surface area contributed by atoms with E-state index in [2.05, 4.69) is 22.0 Å². The van der Waals surface area contributed by atoms with E-state index in [1.165, 1.54) is 4.88 Å². The monoisotopic (exact) mass is 276 g/mol. The third-order valence-electron chi connectivity index (χ3n) is 2.76. The van der Waals surface area contributed by atoms with E-state index in [1.807, 2.05) is 12.3 Å². The number of hydrogen-bond acceptors (Lipinski definition) is 3. The molecule has 1 aromatic heterocycles. The highest BCUT2D eigenvalue weighted by Gasteiger charge is 2.39. The summed E-state index contributed by atoms with van der Waals surface area (Å²) in [6.45, 7) is 2.61. The largest absolute Gasteiger partial charge is 0.387 e. The molecule has 2 rings (SSSR count). The quantitative estimate of drug-likeness (QED) is 0.900. The molecule has 0 bridgehead atoms. The van der Waals surface area contributed by atoms with E-state index in [0.717, 1.165) is 10.9 Å². The zero-order valence-electron chi connectivity index (χ0n) is 8.00. The summed E-state index contributed by atoms with van der Waals surface area (Å²) in [5, 5.41) is 12.3. The molecule has 2 nitrogen and oxygen atoms in total. The van der Waals surface area contributed by atoms with Gasteiger partial charge in [-0.25, -0.2) is 0 Å². The van der Waals surface area contributed by atoms with Gasteiger partial charge in [0.1, 0.15) is 0 Å². The van der Waals surface area contributed by atoms with Crippen LogP contribution in [-0.2, 0) is 11.2 Å². The number of hydrogen-bond donors (Lipinski definition) is 1. The Bertz CT molecular complexity index is 326. The average Bonchev–Trinajstić information content (AvgIpc) is 2.62. The lowest BCUT2D eigenvalue weighted by molar-refractivity contribution is -0.0263. The molecule has 2 unspecified atom stereocenters. The summed E-state index contributed by atoms with van der Waals surface area (Å²) in [5.74, 6) is 0. The fraction of sp³-hybridized carbons (Fsp3) is 0.600. The first-order valence-electron chi connectivity index (χ1n) is 4.67. The van der Waals surface area contributed by atoms with Crippen molar-refractivity contribution in [2.75, 3.05) is 6.61 Å². The van der Waals surface area contributed by atoms with Crippen LogP contribution in [0.25, 0.3) is 0 Å². The topological polar surface area (TPSA) is 29.5 Å². The summed E-state index contributed by atoms with van der Waals surface area (Å²) in [6.07, 6.45) is 1.39. The Balaban J connectivity index is 2.10. The highest BCUT2D eigenvalue weighted by atomic mass is 79.9. The normalized spacial score (nSPS) is 32.4. The van der Waals surface area contributed by atoms with Crippen molar-refractivity contribution in [3.05, 3.63) is 20.8 Å². The Kier molecular flexibility index (Phi) is 2.98. The Labute approximate surface area is 96.0 Å². The van der Waals surface area contributed by atoms with Crippen LogP contribution in [0, 0.1) is 0 Å². The van der Waals surface area contributed by atoms with Crippen LogP contribution in [-0.4, -0.2) is 23.4 Å². The predicted octanol–water partition coefficient (Wildman–Crippen LogP) is 2.59. The van der Waals surface area contributed by atoms with Crippen molar-refractivity contribution in [3.8, 4) is 0 Å². The Morgan fingerprint density at radius 2 is 2.57 bits per heavy atom. The lowest BCUT2D eigenvalue weighted by Crippen LogP contribution is -2.38. The van der Waals surface area contributed by atoms with Crippen molar-refractivity contribution < 1.29 is 9.84 Å². The first-order valence-corrected chi connectivity index (χ1v) is 6.34. The van der Waals surface area contributed by atoms with Crippen LogP contribution in [0.2, 0.25) is 0 Å². The molecule has 0 radical (unpaired) electrons. The van der Waals surface area contributed by atoms with E-state index in [0.29, 0.717) is 13.0 Å². The van der Waals surface area contributed by atoms with Gasteiger partial charge in [-0.1, -0.05) is 0 Å². The lowest BCUT2D eigenvalue weighted by Gasteiger charge is -2.25. The van der Waals surface area contributed by atoms with Crippen molar-refractivity contribution in [2.24, 2.45) is 0 Å². The molecule has 1 aliphatic rings. The van der Waals surface area contributed by atoms with Gasteiger partial charge < -0.3 is 9.84 Å². The van der Waals surface area contributed by atoms with Crippen LogP contribution in [0.4, 0.5) is 0 Å². The molecule has 0 amide bonds. The van der Waals surface area contributed by atoms with Gasteiger partial charge in [0.2, 0.25) is 0 Å². The number of thiophene rings is 1. The molecule has 0 aromatic carbocycles. The van der Waals surface area contributed by atoms with Crippen LogP contribution in [0.1, 0.15) is 18.2 Å². The molecule has 1 aliphatic heterocycles. The minimum absolute atomic E-state index is 0.0524. The molecule has 2 atom stereocenters. The molecular weight excluding hydrogens is 264 g/mol. The maximum absolute atomic E-state index is 10.3. The molecule has 1 aromatic rings. The summed E-state index contributed by atoms with van der Waals surface area (Å²) < 4.78 is 6.48. The zero-order valence-corrected chi connectivity index (χ0v) is 10.4. The highest BCUT2D eigenvalue weighted by Crippen LogP contribution is 2.32.